The van der Waals surface area contributed by atoms with E-state index in [9.17, 15) is 4.79 Å². The molecule has 0 radical (unpaired) electrons. The largest absolute Gasteiger partial charge is 0.354 e. The first-order valence-corrected chi connectivity index (χ1v) is 6.27. The van der Waals surface area contributed by atoms with Crippen molar-refractivity contribution in [1.29, 1.82) is 5.26 Å². The van der Waals surface area contributed by atoms with E-state index in [0.29, 0.717) is 13.0 Å². The average Bonchev–Trinajstić information content (AvgIpc) is 2.39. The minimum atomic E-state index is -0.911. The highest BCUT2D eigenvalue weighted by Gasteiger charge is 2.30. The summed E-state index contributed by atoms with van der Waals surface area (Å²) in [5.74, 6) is -0.180. The van der Waals surface area contributed by atoms with Gasteiger partial charge in [0.1, 0.15) is 5.41 Å². The molecule has 1 aromatic rings. The Morgan fingerprint density at radius 1 is 1.44 bits per heavy atom. The quantitative estimate of drug-likeness (QED) is 0.865. The zero-order valence-electron chi connectivity index (χ0n) is 11.3. The van der Waals surface area contributed by atoms with Gasteiger partial charge in [-0.05, 0) is 37.8 Å². The van der Waals surface area contributed by atoms with Gasteiger partial charge in [0.2, 0.25) is 5.91 Å². The van der Waals surface area contributed by atoms with Gasteiger partial charge in [0.05, 0.1) is 6.07 Å². The van der Waals surface area contributed by atoms with E-state index < -0.39 is 5.41 Å². The van der Waals surface area contributed by atoms with Gasteiger partial charge in [-0.25, -0.2) is 0 Å². The van der Waals surface area contributed by atoms with Crippen LogP contribution in [0.5, 0.6) is 0 Å². The molecule has 0 saturated heterocycles. The molecule has 96 valence electrons. The number of nitrogens with one attached hydrogen (secondary N) is 1. The molecule has 0 saturated carbocycles. The molecule has 3 heteroatoms. The second-order valence-electron chi connectivity index (χ2n) is 4.73. The van der Waals surface area contributed by atoms with Gasteiger partial charge in [-0.2, -0.15) is 5.26 Å². The third kappa shape index (κ3) is 3.33. The lowest BCUT2D eigenvalue weighted by Crippen LogP contribution is -2.38. The molecule has 1 atom stereocenters. The van der Waals surface area contributed by atoms with Crippen LogP contribution in [-0.2, 0) is 11.2 Å². The lowest BCUT2D eigenvalue weighted by atomic mass is 9.88. The second kappa shape index (κ2) is 6.20. The van der Waals surface area contributed by atoms with E-state index in [1.165, 1.54) is 11.1 Å². The van der Waals surface area contributed by atoms with Crippen molar-refractivity contribution < 1.29 is 4.79 Å². The summed E-state index contributed by atoms with van der Waals surface area (Å²) in [6.07, 6.45) is 1.32. The molecule has 0 spiro atoms. The summed E-state index contributed by atoms with van der Waals surface area (Å²) in [7, 11) is 0. The van der Waals surface area contributed by atoms with Crippen LogP contribution in [0.25, 0.3) is 0 Å². The average molecular weight is 244 g/mol. The molecule has 1 amide bonds. The highest BCUT2D eigenvalue weighted by atomic mass is 16.2. The highest BCUT2D eigenvalue weighted by molar-refractivity contribution is 5.84. The summed E-state index contributed by atoms with van der Waals surface area (Å²) in [6.45, 7) is 6.16. The second-order valence-corrected chi connectivity index (χ2v) is 4.73. The van der Waals surface area contributed by atoms with E-state index in [4.69, 9.17) is 5.26 Å². The standard InChI is InChI=1S/C15H20N2O/c1-4-15(3,11-16)14(18)17-10-9-13-8-6-5-7-12(13)2/h5-8H,4,9-10H2,1-3H3,(H,17,18). The van der Waals surface area contributed by atoms with Crippen molar-refractivity contribution in [2.24, 2.45) is 5.41 Å². The molecular formula is C15H20N2O. The van der Waals surface area contributed by atoms with Crippen LogP contribution in [0.3, 0.4) is 0 Å². The number of aryl methyl sites for hydroxylation is 1. The molecule has 0 aliphatic rings. The van der Waals surface area contributed by atoms with E-state index in [-0.39, 0.29) is 5.91 Å². The summed E-state index contributed by atoms with van der Waals surface area (Å²) in [6, 6.07) is 10.2. The molecular weight excluding hydrogens is 224 g/mol. The Morgan fingerprint density at radius 2 is 2.11 bits per heavy atom. The van der Waals surface area contributed by atoms with Crippen molar-refractivity contribution >= 4 is 5.91 Å². The summed E-state index contributed by atoms with van der Waals surface area (Å²) >= 11 is 0. The van der Waals surface area contributed by atoms with Gasteiger partial charge >= 0.3 is 0 Å². The number of amides is 1. The van der Waals surface area contributed by atoms with Gasteiger partial charge in [0, 0.05) is 6.54 Å². The summed E-state index contributed by atoms with van der Waals surface area (Å²) in [4.78, 5) is 11.9. The number of hydrogen-bond acceptors (Lipinski definition) is 2. The Balaban J connectivity index is 2.51. The number of carbonyl (C=O) groups excluding carboxylic acids is 1. The fourth-order valence-corrected chi connectivity index (χ4v) is 1.69. The molecule has 18 heavy (non-hydrogen) atoms. The van der Waals surface area contributed by atoms with Crippen LogP contribution < -0.4 is 5.32 Å². The molecule has 0 fully saturated rings. The normalized spacial score (nSPS) is 13.4. The van der Waals surface area contributed by atoms with Crippen LogP contribution >= 0.6 is 0 Å². The predicted molar refractivity (Wildman–Crippen MR) is 71.9 cm³/mol. The van der Waals surface area contributed by atoms with Crippen molar-refractivity contribution in [3.63, 3.8) is 0 Å². The SMILES string of the molecule is CCC(C)(C#N)C(=O)NCCc1ccccc1C. The van der Waals surface area contributed by atoms with E-state index >= 15 is 0 Å². The molecule has 0 heterocycles. The molecule has 0 aliphatic heterocycles. The molecule has 1 N–H and O–H groups in total. The molecule has 1 aromatic carbocycles. The van der Waals surface area contributed by atoms with Crippen LogP contribution in [0.2, 0.25) is 0 Å². The van der Waals surface area contributed by atoms with Crippen LogP contribution in [0.15, 0.2) is 24.3 Å². The summed E-state index contributed by atoms with van der Waals surface area (Å²) < 4.78 is 0. The third-order valence-electron chi connectivity index (χ3n) is 3.40. The van der Waals surface area contributed by atoms with Crippen LogP contribution in [0.4, 0.5) is 0 Å². The molecule has 1 rings (SSSR count). The maximum Gasteiger partial charge on any atom is 0.240 e. The molecule has 1 unspecified atom stereocenters. The first kappa shape index (κ1) is 14.2. The van der Waals surface area contributed by atoms with Crippen molar-refractivity contribution in [3.8, 4) is 6.07 Å². The number of rotatable bonds is 5. The zero-order valence-corrected chi connectivity index (χ0v) is 11.3. The minimum absolute atomic E-state index is 0.180. The summed E-state index contributed by atoms with van der Waals surface area (Å²) in [5, 5.41) is 11.8. The monoisotopic (exact) mass is 244 g/mol. The smallest absolute Gasteiger partial charge is 0.240 e. The zero-order chi connectivity index (χ0) is 13.6. The predicted octanol–water partition coefficient (Wildman–Crippen LogP) is 2.59. The Hall–Kier alpha value is -1.82. The van der Waals surface area contributed by atoms with Crippen LogP contribution in [-0.4, -0.2) is 12.5 Å². The fourth-order valence-electron chi connectivity index (χ4n) is 1.69. The van der Waals surface area contributed by atoms with Crippen molar-refractivity contribution in [3.05, 3.63) is 35.4 Å². The number of nitrogens with zero attached hydrogens (tertiary/aromatic N) is 1. The Morgan fingerprint density at radius 3 is 2.67 bits per heavy atom. The number of hydrogen-bond donors (Lipinski definition) is 1. The lowest BCUT2D eigenvalue weighted by Gasteiger charge is -2.18. The van der Waals surface area contributed by atoms with Crippen LogP contribution in [0.1, 0.15) is 31.4 Å². The van der Waals surface area contributed by atoms with E-state index in [1.54, 1.807) is 6.92 Å². The molecule has 3 nitrogen and oxygen atoms in total. The fraction of sp³-hybridized carbons (Fsp3) is 0.467. The molecule has 0 aliphatic carbocycles. The van der Waals surface area contributed by atoms with Crippen molar-refractivity contribution in [2.45, 2.75) is 33.6 Å². The van der Waals surface area contributed by atoms with Gasteiger partial charge < -0.3 is 5.32 Å². The van der Waals surface area contributed by atoms with Crippen molar-refractivity contribution in [1.82, 2.24) is 5.32 Å². The number of nitriles is 1. The Bertz CT molecular complexity index is 462. The van der Waals surface area contributed by atoms with E-state index in [2.05, 4.69) is 30.4 Å². The van der Waals surface area contributed by atoms with Gasteiger partial charge in [0.15, 0.2) is 0 Å². The molecule has 0 bridgehead atoms. The molecule has 0 aromatic heterocycles. The van der Waals surface area contributed by atoms with Crippen LogP contribution in [0, 0.1) is 23.7 Å². The third-order valence-corrected chi connectivity index (χ3v) is 3.40. The Kier molecular flexibility index (Phi) is 4.91. The topological polar surface area (TPSA) is 52.9 Å². The lowest BCUT2D eigenvalue weighted by molar-refractivity contribution is -0.127. The summed E-state index contributed by atoms with van der Waals surface area (Å²) in [5.41, 5.74) is 1.55. The first-order valence-electron chi connectivity index (χ1n) is 6.27. The van der Waals surface area contributed by atoms with Gasteiger partial charge in [-0.15, -0.1) is 0 Å². The number of benzene rings is 1. The van der Waals surface area contributed by atoms with Gasteiger partial charge in [-0.3, -0.25) is 4.79 Å². The van der Waals surface area contributed by atoms with Gasteiger partial charge in [-0.1, -0.05) is 31.2 Å². The first-order chi connectivity index (χ1) is 8.53. The maximum absolute atomic E-state index is 11.9. The highest BCUT2D eigenvalue weighted by Crippen LogP contribution is 2.19. The van der Waals surface area contributed by atoms with Crippen molar-refractivity contribution in [2.75, 3.05) is 6.54 Å². The minimum Gasteiger partial charge on any atom is -0.354 e. The van der Waals surface area contributed by atoms with E-state index in [1.807, 2.05) is 19.1 Å². The maximum atomic E-state index is 11.9. The number of carbonyl (C=O) groups is 1. The Labute approximate surface area is 109 Å². The van der Waals surface area contributed by atoms with E-state index in [0.717, 1.165) is 6.42 Å². The van der Waals surface area contributed by atoms with Gasteiger partial charge in [0.25, 0.3) is 0 Å².